The molecular formula is C10H12ClNO3S. The number of anilines is 1. The molecule has 1 aromatic carbocycles. The lowest BCUT2D eigenvalue weighted by molar-refractivity contribution is -0.116. The van der Waals surface area contributed by atoms with Crippen molar-refractivity contribution in [1.82, 2.24) is 0 Å². The smallest absolute Gasteiger partial charge is 0.261 e. The van der Waals surface area contributed by atoms with Gasteiger partial charge in [-0.15, -0.1) is 0 Å². The number of benzene rings is 1. The molecule has 88 valence electrons. The zero-order chi connectivity index (χ0) is 12.2. The monoisotopic (exact) mass is 261 g/mol. The number of amides is 1. The van der Waals surface area contributed by atoms with Crippen molar-refractivity contribution in [3.05, 3.63) is 24.3 Å². The van der Waals surface area contributed by atoms with E-state index in [2.05, 4.69) is 5.32 Å². The molecule has 0 spiro atoms. The number of carbonyl (C=O) groups excluding carboxylic acids is 1. The van der Waals surface area contributed by atoms with Crippen LogP contribution in [0.15, 0.2) is 29.2 Å². The molecule has 0 aliphatic carbocycles. The quantitative estimate of drug-likeness (QED) is 0.847. The van der Waals surface area contributed by atoms with Gasteiger partial charge in [0, 0.05) is 22.8 Å². The van der Waals surface area contributed by atoms with Crippen molar-refractivity contribution in [2.45, 2.75) is 24.7 Å². The lowest BCUT2D eigenvalue weighted by atomic mass is 10.3. The maximum absolute atomic E-state index is 11.3. The number of hydrogen-bond acceptors (Lipinski definition) is 3. The van der Waals surface area contributed by atoms with Crippen molar-refractivity contribution in [2.24, 2.45) is 0 Å². The molecule has 0 radical (unpaired) electrons. The summed E-state index contributed by atoms with van der Waals surface area (Å²) in [7, 11) is 1.44. The normalized spacial score (nSPS) is 11.1. The lowest BCUT2D eigenvalue weighted by Crippen LogP contribution is -2.10. The molecule has 0 unspecified atom stereocenters. The van der Waals surface area contributed by atoms with Gasteiger partial charge in [0.15, 0.2) is 0 Å². The Hall–Kier alpha value is -1.07. The van der Waals surface area contributed by atoms with E-state index in [0.29, 0.717) is 12.1 Å². The highest BCUT2D eigenvalue weighted by Crippen LogP contribution is 2.19. The average Bonchev–Trinajstić information content (AvgIpc) is 2.17. The third kappa shape index (κ3) is 3.83. The van der Waals surface area contributed by atoms with Crippen LogP contribution >= 0.6 is 10.7 Å². The number of rotatable bonds is 4. The lowest BCUT2D eigenvalue weighted by Gasteiger charge is -2.05. The van der Waals surface area contributed by atoms with E-state index in [1.165, 1.54) is 18.2 Å². The topological polar surface area (TPSA) is 63.2 Å². The minimum atomic E-state index is -3.75. The van der Waals surface area contributed by atoms with Crippen LogP contribution in [0.2, 0.25) is 0 Å². The van der Waals surface area contributed by atoms with Crippen molar-refractivity contribution in [3.63, 3.8) is 0 Å². The zero-order valence-electron chi connectivity index (χ0n) is 8.73. The first-order valence-corrected chi connectivity index (χ1v) is 7.09. The Morgan fingerprint density at radius 3 is 2.69 bits per heavy atom. The Morgan fingerprint density at radius 1 is 1.44 bits per heavy atom. The predicted octanol–water partition coefficient (Wildman–Crippen LogP) is 2.35. The van der Waals surface area contributed by atoms with Crippen LogP contribution in [0, 0.1) is 0 Å². The van der Waals surface area contributed by atoms with Crippen molar-refractivity contribution in [2.75, 3.05) is 5.32 Å². The van der Waals surface area contributed by atoms with E-state index in [-0.39, 0.29) is 10.8 Å². The molecular weight excluding hydrogens is 250 g/mol. The van der Waals surface area contributed by atoms with E-state index in [0.717, 1.165) is 6.42 Å². The summed E-state index contributed by atoms with van der Waals surface area (Å²) in [6.45, 7) is 1.89. The molecule has 0 aliphatic heterocycles. The molecule has 1 rings (SSSR count). The summed E-state index contributed by atoms with van der Waals surface area (Å²) in [5.41, 5.74) is 0.431. The SMILES string of the molecule is CCCC(=O)Nc1cccc(S(=O)(=O)Cl)c1. The molecule has 1 amide bonds. The van der Waals surface area contributed by atoms with Gasteiger partial charge in [0.05, 0.1) is 4.90 Å². The molecule has 0 aromatic heterocycles. The van der Waals surface area contributed by atoms with Gasteiger partial charge in [-0.3, -0.25) is 4.79 Å². The molecule has 0 saturated carbocycles. The van der Waals surface area contributed by atoms with Crippen molar-refractivity contribution in [3.8, 4) is 0 Å². The van der Waals surface area contributed by atoms with Crippen molar-refractivity contribution >= 4 is 31.3 Å². The van der Waals surface area contributed by atoms with E-state index in [1.807, 2.05) is 6.92 Å². The van der Waals surface area contributed by atoms with Gasteiger partial charge < -0.3 is 5.32 Å². The summed E-state index contributed by atoms with van der Waals surface area (Å²) < 4.78 is 22.1. The van der Waals surface area contributed by atoms with Crippen LogP contribution in [0.1, 0.15) is 19.8 Å². The first-order chi connectivity index (χ1) is 7.43. The Kier molecular flexibility index (Phi) is 4.32. The number of nitrogens with one attached hydrogen (secondary N) is 1. The van der Waals surface area contributed by atoms with Gasteiger partial charge in [-0.1, -0.05) is 13.0 Å². The largest absolute Gasteiger partial charge is 0.326 e. The summed E-state index contributed by atoms with van der Waals surface area (Å²) >= 11 is 0. The van der Waals surface area contributed by atoms with Gasteiger partial charge in [-0.2, -0.15) is 0 Å². The minimum Gasteiger partial charge on any atom is -0.326 e. The molecule has 1 aromatic rings. The highest BCUT2D eigenvalue weighted by molar-refractivity contribution is 8.13. The molecule has 6 heteroatoms. The fourth-order valence-corrected chi connectivity index (χ4v) is 1.97. The molecule has 4 nitrogen and oxygen atoms in total. The highest BCUT2D eigenvalue weighted by Gasteiger charge is 2.10. The van der Waals surface area contributed by atoms with Gasteiger partial charge in [0.1, 0.15) is 0 Å². The van der Waals surface area contributed by atoms with Gasteiger partial charge in [0.2, 0.25) is 5.91 Å². The summed E-state index contributed by atoms with van der Waals surface area (Å²) in [5.74, 6) is -0.147. The molecule has 0 aliphatic rings. The first kappa shape index (κ1) is 13.0. The van der Waals surface area contributed by atoms with Crippen molar-refractivity contribution < 1.29 is 13.2 Å². The van der Waals surface area contributed by atoms with Crippen molar-refractivity contribution in [1.29, 1.82) is 0 Å². The third-order valence-electron chi connectivity index (χ3n) is 1.88. The van der Waals surface area contributed by atoms with Crippen LogP contribution < -0.4 is 5.32 Å². The zero-order valence-corrected chi connectivity index (χ0v) is 10.3. The van der Waals surface area contributed by atoms with Crippen LogP contribution in [0.5, 0.6) is 0 Å². The standard InChI is InChI=1S/C10H12ClNO3S/c1-2-4-10(13)12-8-5-3-6-9(7-8)16(11,14)15/h3,5-7H,2,4H2,1H3,(H,12,13). The maximum atomic E-state index is 11.3. The molecule has 0 fully saturated rings. The van der Waals surface area contributed by atoms with E-state index < -0.39 is 9.05 Å². The van der Waals surface area contributed by atoms with Crippen LogP contribution in [0.4, 0.5) is 5.69 Å². The third-order valence-corrected chi connectivity index (χ3v) is 3.23. The van der Waals surface area contributed by atoms with E-state index in [4.69, 9.17) is 10.7 Å². The molecule has 16 heavy (non-hydrogen) atoms. The summed E-state index contributed by atoms with van der Waals surface area (Å²) in [6.07, 6.45) is 1.14. The molecule has 0 atom stereocenters. The summed E-state index contributed by atoms with van der Waals surface area (Å²) in [5, 5.41) is 2.59. The fourth-order valence-electron chi connectivity index (χ4n) is 1.18. The minimum absolute atomic E-state index is 0.0246. The second-order valence-corrected chi connectivity index (χ2v) is 5.83. The average molecular weight is 262 g/mol. The Bertz CT molecular complexity index is 485. The van der Waals surface area contributed by atoms with E-state index in [9.17, 15) is 13.2 Å². The maximum Gasteiger partial charge on any atom is 0.261 e. The molecule has 1 N–H and O–H groups in total. The van der Waals surface area contributed by atoms with Gasteiger partial charge >= 0.3 is 0 Å². The molecule has 0 saturated heterocycles. The number of carbonyl (C=O) groups is 1. The van der Waals surface area contributed by atoms with Gasteiger partial charge in [0.25, 0.3) is 9.05 Å². The van der Waals surface area contributed by atoms with Crippen LogP contribution in [0.3, 0.4) is 0 Å². The highest BCUT2D eigenvalue weighted by atomic mass is 35.7. The fraction of sp³-hybridized carbons (Fsp3) is 0.300. The van der Waals surface area contributed by atoms with Gasteiger partial charge in [-0.25, -0.2) is 8.42 Å². The number of hydrogen-bond donors (Lipinski definition) is 1. The second kappa shape index (κ2) is 5.32. The van der Waals surface area contributed by atoms with Gasteiger partial charge in [-0.05, 0) is 24.6 Å². The Labute approximate surface area is 99.0 Å². The van der Waals surface area contributed by atoms with Crippen LogP contribution in [-0.2, 0) is 13.8 Å². The Morgan fingerprint density at radius 2 is 2.12 bits per heavy atom. The van der Waals surface area contributed by atoms with Crippen LogP contribution in [0.25, 0.3) is 0 Å². The summed E-state index contributed by atoms with van der Waals surface area (Å²) in [6, 6.07) is 5.84. The van der Waals surface area contributed by atoms with E-state index in [1.54, 1.807) is 6.07 Å². The van der Waals surface area contributed by atoms with E-state index >= 15 is 0 Å². The Balaban J connectivity index is 2.88. The first-order valence-electron chi connectivity index (χ1n) is 4.78. The summed E-state index contributed by atoms with van der Waals surface area (Å²) in [4.78, 5) is 11.3. The second-order valence-electron chi connectivity index (χ2n) is 3.26. The molecule has 0 heterocycles. The number of halogens is 1. The van der Waals surface area contributed by atoms with Crippen LogP contribution in [-0.4, -0.2) is 14.3 Å². The molecule has 0 bridgehead atoms. The predicted molar refractivity (Wildman–Crippen MR) is 63.0 cm³/mol.